The number of alkyl halides is 2. The molecule has 0 atom stereocenters. The van der Waals surface area contributed by atoms with E-state index in [-0.39, 0.29) is 38.5 Å². The quantitative estimate of drug-likeness (QED) is 0.484. The Balaban J connectivity index is 1.83. The summed E-state index contributed by atoms with van der Waals surface area (Å²) < 4.78 is 66.4. The van der Waals surface area contributed by atoms with Crippen molar-refractivity contribution in [1.29, 1.82) is 0 Å². The lowest BCUT2D eigenvalue weighted by Crippen LogP contribution is -2.16. The van der Waals surface area contributed by atoms with Crippen LogP contribution in [0.5, 0.6) is 0 Å². The summed E-state index contributed by atoms with van der Waals surface area (Å²) in [4.78, 5) is 12.5. The van der Waals surface area contributed by atoms with Crippen molar-refractivity contribution in [2.75, 3.05) is 10.0 Å². The monoisotopic (exact) mass is 452 g/mol. The number of hydrogen-bond acceptors (Lipinski definition) is 4. The van der Waals surface area contributed by atoms with Gasteiger partial charge >= 0.3 is 0 Å². The van der Waals surface area contributed by atoms with Gasteiger partial charge in [-0.05, 0) is 42.5 Å². The highest BCUT2D eigenvalue weighted by Crippen LogP contribution is 2.32. The molecule has 0 aliphatic rings. The van der Waals surface area contributed by atoms with Gasteiger partial charge in [0, 0.05) is 10.5 Å². The Labute approximate surface area is 175 Å². The number of halogens is 3. The number of para-hydroxylation sites is 2. The predicted octanol–water partition coefficient (Wildman–Crippen LogP) is 5.19. The van der Waals surface area contributed by atoms with Gasteiger partial charge in [0.1, 0.15) is 5.82 Å². The van der Waals surface area contributed by atoms with E-state index < -0.39 is 27.5 Å². The smallest absolute Gasteiger partial charge is 0.288 e. The Bertz CT molecular complexity index is 1170. The summed E-state index contributed by atoms with van der Waals surface area (Å²) in [6.45, 7) is 0. The first-order chi connectivity index (χ1) is 14.3. The maximum Gasteiger partial charge on any atom is 0.288 e. The standard InChI is InChI=1S/C20H15F3N2O3S2/c21-15-8-1-2-9-16(15)25-30(27,28)14-7-5-6-13(12-14)19(26)24-17-10-3-4-11-18(17)29-20(22)23/h1-12,20,25H,(H,24,26). The highest BCUT2D eigenvalue weighted by atomic mass is 32.2. The lowest BCUT2D eigenvalue weighted by Gasteiger charge is -2.12. The van der Waals surface area contributed by atoms with Crippen LogP contribution in [0, 0.1) is 5.82 Å². The number of anilines is 2. The van der Waals surface area contributed by atoms with Crippen molar-refractivity contribution in [3.05, 3.63) is 84.2 Å². The minimum absolute atomic E-state index is 0.0109. The molecule has 0 saturated carbocycles. The van der Waals surface area contributed by atoms with E-state index in [1.807, 2.05) is 0 Å². The summed E-state index contributed by atoms with van der Waals surface area (Å²) >= 11 is 0.283. The van der Waals surface area contributed by atoms with Gasteiger partial charge in [-0.1, -0.05) is 42.1 Å². The van der Waals surface area contributed by atoms with E-state index in [4.69, 9.17) is 0 Å². The van der Waals surface area contributed by atoms with Crippen LogP contribution in [0.15, 0.2) is 82.6 Å². The Morgan fingerprint density at radius 1 is 0.900 bits per heavy atom. The Hall–Kier alpha value is -2.98. The number of hydrogen-bond donors (Lipinski definition) is 2. The molecule has 2 N–H and O–H groups in total. The van der Waals surface area contributed by atoms with Crippen molar-refractivity contribution in [3.63, 3.8) is 0 Å². The van der Waals surface area contributed by atoms with Crippen LogP contribution in [0.1, 0.15) is 10.4 Å². The van der Waals surface area contributed by atoms with E-state index >= 15 is 0 Å². The highest BCUT2D eigenvalue weighted by Gasteiger charge is 2.19. The van der Waals surface area contributed by atoms with Crippen LogP contribution >= 0.6 is 11.8 Å². The second-order valence-corrected chi connectivity index (χ2v) is 8.66. The van der Waals surface area contributed by atoms with E-state index in [1.54, 1.807) is 12.1 Å². The molecule has 0 aromatic heterocycles. The maximum absolute atomic E-state index is 13.8. The average molecular weight is 452 g/mol. The average Bonchev–Trinajstić information content (AvgIpc) is 2.71. The number of benzene rings is 3. The molecule has 0 aliphatic carbocycles. The molecule has 3 rings (SSSR count). The summed E-state index contributed by atoms with van der Waals surface area (Å²) in [5.74, 6) is -4.09. The molecule has 156 valence electrons. The van der Waals surface area contributed by atoms with Crippen LogP contribution in [-0.2, 0) is 10.0 Å². The number of amides is 1. The van der Waals surface area contributed by atoms with E-state index in [0.717, 1.165) is 12.1 Å². The first-order valence-corrected chi connectivity index (χ1v) is 10.8. The van der Waals surface area contributed by atoms with Gasteiger partial charge in [-0.2, -0.15) is 8.78 Å². The predicted molar refractivity (Wildman–Crippen MR) is 110 cm³/mol. The molecule has 0 radical (unpaired) electrons. The fraction of sp³-hybridized carbons (Fsp3) is 0.0500. The first kappa shape index (κ1) is 21.7. The van der Waals surface area contributed by atoms with Gasteiger partial charge in [0.2, 0.25) is 0 Å². The van der Waals surface area contributed by atoms with Crippen LogP contribution in [-0.4, -0.2) is 20.1 Å². The molecule has 0 bridgehead atoms. The summed E-state index contributed by atoms with van der Waals surface area (Å²) in [7, 11) is -4.16. The molecule has 0 saturated heterocycles. The molecule has 0 aliphatic heterocycles. The first-order valence-electron chi connectivity index (χ1n) is 8.49. The topological polar surface area (TPSA) is 75.3 Å². The molecule has 3 aromatic rings. The van der Waals surface area contributed by atoms with Gasteiger partial charge in [0.15, 0.2) is 0 Å². The van der Waals surface area contributed by atoms with Crippen molar-refractivity contribution >= 4 is 39.1 Å². The van der Waals surface area contributed by atoms with Crippen LogP contribution < -0.4 is 10.0 Å². The molecule has 0 fully saturated rings. The zero-order valence-corrected chi connectivity index (χ0v) is 16.8. The van der Waals surface area contributed by atoms with Gasteiger partial charge < -0.3 is 5.32 Å². The molecule has 30 heavy (non-hydrogen) atoms. The second kappa shape index (κ2) is 9.23. The highest BCUT2D eigenvalue weighted by molar-refractivity contribution is 7.99. The maximum atomic E-state index is 13.8. The second-order valence-electron chi connectivity index (χ2n) is 5.94. The number of sulfonamides is 1. The number of thioether (sulfide) groups is 1. The number of nitrogens with one attached hydrogen (secondary N) is 2. The van der Waals surface area contributed by atoms with Crippen molar-refractivity contribution in [2.24, 2.45) is 0 Å². The van der Waals surface area contributed by atoms with Crippen LogP contribution in [0.4, 0.5) is 24.5 Å². The Morgan fingerprint density at radius 3 is 2.27 bits per heavy atom. The SMILES string of the molecule is O=C(Nc1ccccc1SC(F)F)c1cccc(S(=O)(=O)Nc2ccccc2F)c1. The van der Waals surface area contributed by atoms with E-state index in [0.29, 0.717) is 0 Å². The molecule has 3 aromatic carbocycles. The molecule has 0 heterocycles. The third kappa shape index (κ3) is 5.33. The zero-order valence-electron chi connectivity index (χ0n) is 15.2. The van der Waals surface area contributed by atoms with Gasteiger partial charge in [-0.25, -0.2) is 12.8 Å². The van der Waals surface area contributed by atoms with E-state index in [1.165, 1.54) is 48.5 Å². The van der Waals surface area contributed by atoms with Crippen molar-refractivity contribution in [1.82, 2.24) is 0 Å². The Morgan fingerprint density at radius 2 is 1.57 bits per heavy atom. The fourth-order valence-electron chi connectivity index (χ4n) is 2.52. The van der Waals surface area contributed by atoms with Crippen LogP contribution in [0.25, 0.3) is 0 Å². The molecular formula is C20H15F3N2O3S2. The largest absolute Gasteiger partial charge is 0.321 e. The molecule has 1 amide bonds. The van der Waals surface area contributed by atoms with E-state index in [9.17, 15) is 26.4 Å². The molecule has 0 spiro atoms. The zero-order chi connectivity index (χ0) is 21.7. The van der Waals surface area contributed by atoms with Crippen molar-refractivity contribution < 1.29 is 26.4 Å². The molecule has 10 heteroatoms. The minimum atomic E-state index is -4.16. The van der Waals surface area contributed by atoms with Gasteiger partial charge in [0.05, 0.1) is 16.3 Å². The van der Waals surface area contributed by atoms with Crippen molar-refractivity contribution in [2.45, 2.75) is 15.5 Å². The number of carbonyl (C=O) groups is 1. The summed E-state index contributed by atoms with van der Waals surface area (Å²) in [5.41, 5.74) is -0.0703. The summed E-state index contributed by atoms with van der Waals surface area (Å²) in [5, 5.41) is 2.50. The van der Waals surface area contributed by atoms with Crippen molar-refractivity contribution in [3.8, 4) is 0 Å². The van der Waals surface area contributed by atoms with E-state index in [2.05, 4.69) is 10.0 Å². The molecular weight excluding hydrogens is 437 g/mol. The van der Waals surface area contributed by atoms with Gasteiger partial charge in [-0.3, -0.25) is 9.52 Å². The summed E-state index contributed by atoms with van der Waals surface area (Å²) in [6.07, 6.45) is 0. The Kier molecular flexibility index (Phi) is 6.68. The minimum Gasteiger partial charge on any atom is -0.321 e. The summed E-state index contributed by atoms with van der Waals surface area (Å²) in [6, 6.07) is 16.4. The lowest BCUT2D eigenvalue weighted by molar-refractivity contribution is 0.102. The molecule has 5 nitrogen and oxygen atoms in total. The van der Waals surface area contributed by atoms with Crippen LogP contribution in [0.3, 0.4) is 0 Å². The van der Waals surface area contributed by atoms with Gasteiger partial charge in [-0.15, -0.1) is 0 Å². The number of rotatable bonds is 7. The lowest BCUT2D eigenvalue weighted by atomic mass is 10.2. The molecule has 0 unspecified atom stereocenters. The van der Waals surface area contributed by atoms with Gasteiger partial charge in [0.25, 0.3) is 21.7 Å². The number of carbonyl (C=O) groups excluding carboxylic acids is 1. The third-order valence-corrected chi connectivity index (χ3v) is 6.03. The third-order valence-electron chi connectivity index (χ3n) is 3.88. The van der Waals surface area contributed by atoms with Crippen LogP contribution in [0.2, 0.25) is 0 Å². The fourth-order valence-corrected chi connectivity index (χ4v) is 4.22. The normalized spacial score (nSPS) is 11.3.